The number of hydrogen-bond donors (Lipinski definition) is 3. The number of aromatic amines is 2. The molecule has 7 heteroatoms. The van der Waals surface area contributed by atoms with Crippen LogP contribution in [-0.4, -0.2) is 15.9 Å². The third-order valence-corrected chi connectivity index (χ3v) is 5.42. The van der Waals surface area contributed by atoms with Crippen molar-refractivity contribution < 1.29 is 4.79 Å². The molecule has 0 atom stereocenters. The molecule has 4 aromatic rings. The number of carbonyl (C=O) groups excluding carboxylic acids is 1. The van der Waals surface area contributed by atoms with Crippen LogP contribution in [0, 0.1) is 0 Å². The Balaban J connectivity index is 1.67. The lowest BCUT2D eigenvalue weighted by Crippen LogP contribution is -2.13. The maximum Gasteiger partial charge on any atom is 0.323 e. The number of H-pyrrole nitrogens is 2. The van der Waals surface area contributed by atoms with Gasteiger partial charge in [-0.1, -0.05) is 34.1 Å². The molecule has 0 aliphatic heterocycles. The van der Waals surface area contributed by atoms with Crippen LogP contribution in [-0.2, 0) is 4.79 Å². The second kappa shape index (κ2) is 7.38. The van der Waals surface area contributed by atoms with E-state index in [1.54, 1.807) is 18.2 Å². The van der Waals surface area contributed by atoms with Gasteiger partial charge in [0, 0.05) is 15.0 Å². The van der Waals surface area contributed by atoms with Gasteiger partial charge in [0.1, 0.15) is 0 Å². The van der Waals surface area contributed by atoms with Crippen LogP contribution >= 0.6 is 27.3 Å². The fourth-order valence-corrected chi connectivity index (χ4v) is 3.72. The number of rotatable bonds is 4. The van der Waals surface area contributed by atoms with E-state index in [9.17, 15) is 9.59 Å². The first-order valence-electron chi connectivity index (χ1n) is 8.13. The van der Waals surface area contributed by atoms with Crippen molar-refractivity contribution in [1.29, 1.82) is 0 Å². The molecule has 0 saturated carbocycles. The van der Waals surface area contributed by atoms with Crippen molar-refractivity contribution in [2.24, 2.45) is 0 Å². The third kappa shape index (κ3) is 3.94. The van der Waals surface area contributed by atoms with Crippen LogP contribution in [0.3, 0.4) is 0 Å². The number of nitrogens with one attached hydrogen (secondary N) is 3. The lowest BCUT2D eigenvalue weighted by molar-refractivity contribution is -0.111. The topological polar surface area (TPSA) is 77.8 Å². The van der Waals surface area contributed by atoms with Gasteiger partial charge in [0.15, 0.2) is 0 Å². The van der Waals surface area contributed by atoms with Gasteiger partial charge in [-0.15, -0.1) is 11.3 Å². The van der Waals surface area contributed by atoms with Gasteiger partial charge in [0.2, 0.25) is 0 Å². The Kier molecular flexibility index (Phi) is 4.79. The molecule has 0 aliphatic carbocycles. The van der Waals surface area contributed by atoms with Crippen molar-refractivity contribution in [2.45, 2.75) is 0 Å². The Hall–Kier alpha value is -2.90. The highest BCUT2D eigenvalue weighted by Crippen LogP contribution is 2.26. The number of imidazole rings is 1. The lowest BCUT2D eigenvalue weighted by Gasteiger charge is -2.08. The summed E-state index contributed by atoms with van der Waals surface area (Å²) in [5.74, 6) is -0.211. The van der Waals surface area contributed by atoms with E-state index in [1.165, 1.54) is 11.3 Å². The van der Waals surface area contributed by atoms with E-state index in [4.69, 9.17) is 0 Å². The summed E-state index contributed by atoms with van der Waals surface area (Å²) in [7, 11) is 0. The van der Waals surface area contributed by atoms with Crippen LogP contribution in [0.4, 0.5) is 5.69 Å². The molecule has 1 amide bonds. The molecular weight excluding hydrogens is 426 g/mol. The Morgan fingerprint density at radius 1 is 1.04 bits per heavy atom. The predicted molar refractivity (Wildman–Crippen MR) is 114 cm³/mol. The van der Waals surface area contributed by atoms with E-state index in [1.807, 2.05) is 47.9 Å². The highest BCUT2D eigenvalue weighted by molar-refractivity contribution is 9.10. The second-order valence-corrected chi connectivity index (χ2v) is 7.74. The largest absolute Gasteiger partial charge is 0.323 e. The Morgan fingerprint density at radius 2 is 1.81 bits per heavy atom. The van der Waals surface area contributed by atoms with E-state index in [0.717, 1.165) is 14.9 Å². The molecule has 4 rings (SSSR count). The fraction of sp³-hybridized carbons (Fsp3) is 0. The Bertz CT molecular complexity index is 1190. The number of amides is 1. The monoisotopic (exact) mass is 439 g/mol. The van der Waals surface area contributed by atoms with Crippen molar-refractivity contribution in [1.82, 2.24) is 9.97 Å². The highest BCUT2D eigenvalue weighted by Gasteiger charge is 2.14. The number of fused-ring (bicyclic) bond motifs is 1. The molecule has 0 bridgehead atoms. The summed E-state index contributed by atoms with van der Waals surface area (Å²) < 4.78 is 0.982. The number of benzene rings is 2. The quantitative estimate of drug-likeness (QED) is 0.397. The molecule has 3 N–H and O–H groups in total. The zero-order valence-corrected chi connectivity index (χ0v) is 16.4. The molecule has 2 heterocycles. The van der Waals surface area contributed by atoms with Gasteiger partial charge in [0.25, 0.3) is 5.91 Å². The highest BCUT2D eigenvalue weighted by atomic mass is 79.9. The van der Waals surface area contributed by atoms with Crippen LogP contribution in [0.5, 0.6) is 0 Å². The third-order valence-electron chi connectivity index (χ3n) is 3.99. The van der Waals surface area contributed by atoms with E-state index in [2.05, 4.69) is 31.2 Å². The summed E-state index contributed by atoms with van der Waals surface area (Å²) in [6.07, 6.45) is 1.87. The smallest absolute Gasteiger partial charge is 0.322 e. The molecule has 2 aromatic carbocycles. The van der Waals surface area contributed by atoms with Crippen molar-refractivity contribution in [3.8, 4) is 0 Å². The van der Waals surface area contributed by atoms with E-state index >= 15 is 0 Å². The average Bonchev–Trinajstić information content (AvgIpc) is 3.29. The number of hydrogen-bond acceptors (Lipinski definition) is 3. The minimum absolute atomic E-state index is 0.211. The summed E-state index contributed by atoms with van der Waals surface area (Å²) >= 11 is 4.93. The summed E-state index contributed by atoms with van der Waals surface area (Å²) in [6, 6.07) is 16.8. The van der Waals surface area contributed by atoms with Crippen LogP contribution in [0.25, 0.3) is 22.7 Å². The lowest BCUT2D eigenvalue weighted by atomic mass is 10.1. The normalized spacial score (nSPS) is 11.7. The van der Waals surface area contributed by atoms with Gasteiger partial charge in [-0.25, -0.2) is 4.79 Å². The predicted octanol–water partition coefficient (Wildman–Crippen LogP) is 4.86. The van der Waals surface area contributed by atoms with Gasteiger partial charge in [-0.2, -0.15) is 0 Å². The molecule has 27 heavy (non-hydrogen) atoms. The summed E-state index contributed by atoms with van der Waals surface area (Å²) in [5, 5.41) is 4.86. The molecule has 0 saturated heterocycles. The molecule has 0 aliphatic rings. The van der Waals surface area contributed by atoms with Crippen molar-refractivity contribution in [3.63, 3.8) is 0 Å². The standard InChI is InChI=1S/C20H14BrN3O2S/c21-13-5-3-12(4-6-13)10-15(18-2-1-9-27-18)19(25)22-14-7-8-16-17(11-14)24-20(26)23-16/h1-11H,(H,22,25)(H2,23,24,26)/b15-10+. The minimum atomic E-state index is -0.275. The number of anilines is 1. The molecule has 0 spiro atoms. The number of aromatic nitrogens is 2. The van der Waals surface area contributed by atoms with Gasteiger partial charge >= 0.3 is 5.69 Å². The SMILES string of the molecule is O=C(Nc1ccc2[nH]c(=O)[nH]c2c1)/C(=C/c1ccc(Br)cc1)c1cccs1. The van der Waals surface area contributed by atoms with Crippen molar-refractivity contribution in [2.75, 3.05) is 5.32 Å². The summed E-state index contributed by atoms with van der Waals surface area (Å²) in [4.78, 5) is 30.6. The average molecular weight is 440 g/mol. The maximum absolute atomic E-state index is 13.0. The van der Waals surface area contributed by atoms with Gasteiger partial charge in [-0.05, 0) is 53.4 Å². The Labute approximate surface area is 166 Å². The summed E-state index contributed by atoms with van der Waals surface area (Å²) in [5.41, 5.74) is 3.19. The summed E-state index contributed by atoms with van der Waals surface area (Å²) in [6.45, 7) is 0. The van der Waals surface area contributed by atoms with Crippen LogP contribution in [0.1, 0.15) is 10.4 Å². The zero-order valence-electron chi connectivity index (χ0n) is 14.0. The Morgan fingerprint density at radius 3 is 2.56 bits per heavy atom. The first kappa shape index (κ1) is 17.5. The maximum atomic E-state index is 13.0. The first-order valence-corrected chi connectivity index (χ1v) is 9.80. The van der Waals surface area contributed by atoms with Gasteiger partial charge in [-0.3, -0.25) is 4.79 Å². The number of thiophene rings is 1. The fourth-order valence-electron chi connectivity index (χ4n) is 2.71. The van der Waals surface area contributed by atoms with Crippen LogP contribution in [0.15, 0.2) is 69.2 Å². The van der Waals surface area contributed by atoms with Crippen molar-refractivity contribution >= 4 is 61.5 Å². The molecular formula is C20H14BrN3O2S. The van der Waals surface area contributed by atoms with E-state index < -0.39 is 0 Å². The van der Waals surface area contributed by atoms with Crippen LogP contribution < -0.4 is 11.0 Å². The molecule has 2 aromatic heterocycles. The molecule has 0 radical (unpaired) electrons. The van der Waals surface area contributed by atoms with Gasteiger partial charge < -0.3 is 15.3 Å². The van der Waals surface area contributed by atoms with Gasteiger partial charge in [0.05, 0.1) is 16.6 Å². The van der Waals surface area contributed by atoms with Crippen molar-refractivity contribution in [3.05, 3.63) is 85.4 Å². The van der Waals surface area contributed by atoms with E-state index in [-0.39, 0.29) is 11.6 Å². The van der Waals surface area contributed by atoms with E-state index in [0.29, 0.717) is 22.3 Å². The second-order valence-electron chi connectivity index (χ2n) is 5.88. The number of carbonyl (C=O) groups is 1. The number of halogens is 1. The molecule has 0 unspecified atom stereocenters. The molecule has 134 valence electrons. The van der Waals surface area contributed by atoms with Crippen LogP contribution in [0.2, 0.25) is 0 Å². The first-order chi connectivity index (χ1) is 13.1. The molecule has 5 nitrogen and oxygen atoms in total. The minimum Gasteiger partial charge on any atom is -0.322 e. The molecule has 0 fully saturated rings. The zero-order chi connectivity index (χ0) is 18.8.